The quantitative estimate of drug-likeness (QED) is 0.230. The summed E-state index contributed by atoms with van der Waals surface area (Å²) < 4.78 is -0.353. The lowest BCUT2D eigenvalue weighted by Crippen LogP contribution is -2.68. The van der Waals surface area contributed by atoms with Gasteiger partial charge in [0.25, 0.3) is 0 Å². The average molecular weight is 329 g/mol. The average Bonchev–Trinajstić information content (AvgIpc) is 2.50. The van der Waals surface area contributed by atoms with E-state index in [1.165, 1.54) is 0 Å². The van der Waals surface area contributed by atoms with Crippen molar-refractivity contribution in [2.75, 3.05) is 13.3 Å². The van der Waals surface area contributed by atoms with E-state index in [0.717, 1.165) is 19.3 Å². The van der Waals surface area contributed by atoms with Gasteiger partial charge in [0, 0.05) is 12.8 Å². The maximum atomic E-state index is 11.6. The normalized spacial score (nSPS) is 16.9. The predicted octanol–water partition coefficient (Wildman–Crippen LogP) is 1.28. The van der Waals surface area contributed by atoms with E-state index in [0.29, 0.717) is 13.0 Å². The number of aliphatic carboxylic acids is 2. The number of unbranched alkanes of at least 4 members (excludes halogenated alkanes) is 3. The first-order chi connectivity index (χ1) is 10.9. The molecule has 0 bridgehead atoms. The van der Waals surface area contributed by atoms with Crippen LogP contribution in [0.15, 0.2) is 12.2 Å². The van der Waals surface area contributed by atoms with Gasteiger partial charge in [0.1, 0.15) is 6.04 Å². The summed E-state index contributed by atoms with van der Waals surface area (Å²) in [5.41, 5.74) is 0. The van der Waals surface area contributed by atoms with Crippen LogP contribution in [0.1, 0.15) is 59.3 Å². The van der Waals surface area contributed by atoms with E-state index in [9.17, 15) is 24.9 Å². The number of nitrogens with zero attached hydrogens (tertiary/aromatic N) is 1. The summed E-state index contributed by atoms with van der Waals surface area (Å²) >= 11 is 0. The third-order valence-electron chi connectivity index (χ3n) is 4.52. The van der Waals surface area contributed by atoms with Gasteiger partial charge in [-0.1, -0.05) is 26.0 Å². The Kier molecular flexibility index (Phi) is 10.5. The van der Waals surface area contributed by atoms with E-state index >= 15 is 0 Å². The Morgan fingerprint density at radius 3 is 2.13 bits per heavy atom. The van der Waals surface area contributed by atoms with Gasteiger partial charge in [-0.2, -0.15) is 0 Å². The van der Waals surface area contributed by atoms with Crippen LogP contribution in [0.25, 0.3) is 0 Å². The molecule has 0 aromatic heterocycles. The van der Waals surface area contributed by atoms with Crippen molar-refractivity contribution < 1.29 is 29.4 Å². The van der Waals surface area contributed by atoms with Gasteiger partial charge in [-0.05, 0) is 32.6 Å². The fourth-order valence-electron chi connectivity index (χ4n) is 3.31. The summed E-state index contributed by atoms with van der Waals surface area (Å²) in [6, 6.07) is -1.96. The molecule has 0 saturated carbocycles. The van der Waals surface area contributed by atoms with Crippen LogP contribution in [0.5, 0.6) is 0 Å². The van der Waals surface area contributed by atoms with Crippen LogP contribution in [0, 0.1) is 0 Å². The molecule has 0 spiro atoms. The summed E-state index contributed by atoms with van der Waals surface area (Å²) in [5.74, 6) is -2.37. The SMILES string of the molecule is C/C=C/CCCCC[N+](CO)(C(CC)C(=O)[O-])C(CC)C(=O)O. The minimum Gasteiger partial charge on any atom is -0.544 e. The number of allylic oxidation sites excluding steroid dienone is 2. The van der Waals surface area contributed by atoms with E-state index < -0.39 is 30.8 Å². The Balaban J connectivity index is 5.25. The zero-order chi connectivity index (χ0) is 17.9. The highest BCUT2D eigenvalue weighted by Gasteiger charge is 2.46. The molecule has 0 aromatic rings. The van der Waals surface area contributed by atoms with Crippen molar-refractivity contribution in [2.24, 2.45) is 0 Å². The van der Waals surface area contributed by atoms with Crippen LogP contribution in [0.2, 0.25) is 0 Å². The van der Waals surface area contributed by atoms with Crippen molar-refractivity contribution in [3.63, 3.8) is 0 Å². The van der Waals surface area contributed by atoms with E-state index in [2.05, 4.69) is 6.08 Å². The first-order valence-electron chi connectivity index (χ1n) is 8.43. The second-order valence-corrected chi connectivity index (χ2v) is 5.89. The first-order valence-corrected chi connectivity index (χ1v) is 8.43. The van der Waals surface area contributed by atoms with Crippen molar-refractivity contribution in [2.45, 2.75) is 71.4 Å². The molecule has 0 aromatic carbocycles. The second kappa shape index (κ2) is 11.2. The molecule has 0 amide bonds. The molecule has 23 heavy (non-hydrogen) atoms. The summed E-state index contributed by atoms with van der Waals surface area (Å²) in [5, 5.41) is 30.9. The molecule has 3 atom stereocenters. The summed E-state index contributed by atoms with van der Waals surface area (Å²) in [6.45, 7) is 5.16. The molecule has 0 fully saturated rings. The highest BCUT2D eigenvalue weighted by Crippen LogP contribution is 2.25. The fourth-order valence-corrected chi connectivity index (χ4v) is 3.31. The maximum absolute atomic E-state index is 11.6. The Morgan fingerprint density at radius 1 is 1.13 bits per heavy atom. The lowest BCUT2D eigenvalue weighted by molar-refractivity contribution is -0.976. The summed E-state index contributed by atoms with van der Waals surface area (Å²) in [4.78, 5) is 23.1. The number of carbonyl (C=O) groups is 2. The molecule has 0 aliphatic carbocycles. The number of rotatable bonds is 13. The van der Waals surface area contributed by atoms with Crippen molar-refractivity contribution >= 4 is 11.9 Å². The number of aliphatic hydroxyl groups excluding tert-OH is 1. The topological polar surface area (TPSA) is 97.7 Å². The minimum atomic E-state index is -1.30. The summed E-state index contributed by atoms with van der Waals surface area (Å²) in [7, 11) is 0. The van der Waals surface area contributed by atoms with Crippen molar-refractivity contribution in [3.05, 3.63) is 12.2 Å². The van der Waals surface area contributed by atoms with Crippen LogP contribution >= 0.6 is 0 Å². The first kappa shape index (κ1) is 21.6. The molecule has 0 aliphatic heterocycles. The van der Waals surface area contributed by atoms with Gasteiger partial charge in [0.2, 0.25) is 0 Å². The molecule has 6 nitrogen and oxygen atoms in total. The molecule has 2 N–H and O–H groups in total. The zero-order valence-electron chi connectivity index (χ0n) is 14.5. The Labute approximate surface area is 139 Å². The third-order valence-corrected chi connectivity index (χ3v) is 4.52. The zero-order valence-corrected chi connectivity index (χ0v) is 14.5. The summed E-state index contributed by atoms with van der Waals surface area (Å²) in [6.07, 6.45) is 7.98. The van der Waals surface area contributed by atoms with Crippen molar-refractivity contribution in [3.8, 4) is 0 Å². The van der Waals surface area contributed by atoms with Gasteiger partial charge < -0.3 is 20.1 Å². The van der Waals surface area contributed by atoms with Crippen molar-refractivity contribution in [1.82, 2.24) is 0 Å². The number of carboxylic acids is 2. The lowest BCUT2D eigenvalue weighted by atomic mass is 10.0. The highest BCUT2D eigenvalue weighted by molar-refractivity contribution is 5.74. The van der Waals surface area contributed by atoms with Crippen LogP contribution in [-0.2, 0) is 9.59 Å². The molecule has 134 valence electrons. The predicted molar refractivity (Wildman–Crippen MR) is 86.3 cm³/mol. The molecular formula is C17H31NO5. The standard InChI is InChI=1S/C17H31NO5/c1-4-7-8-9-10-11-12-18(13-19,14(5-2)16(20)21)15(6-3)17(22)23/h4,7,14-15,19H,5-6,8-13H2,1-3H3,(H-,20,21,22,23)/b7-4+. The number of carboxylic acid groups (broad SMARTS) is 2. The van der Waals surface area contributed by atoms with Crippen LogP contribution in [0.3, 0.4) is 0 Å². The van der Waals surface area contributed by atoms with Gasteiger partial charge >= 0.3 is 5.97 Å². The smallest absolute Gasteiger partial charge is 0.362 e. The molecule has 0 saturated heterocycles. The number of hydrogen-bond acceptors (Lipinski definition) is 4. The number of hydrogen-bond donors (Lipinski definition) is 2. The van der Waals surface area contributed by atoms with Gasteiger partial charge in [-0.15, -0.1) is 0 Å². The molecule has 6 heteroatoms. The van der Waals surface area contributed by atoms with Gasteiger partial charge in [0.15, 0.2) is 12.8 Å². The Hall–Kier alpha value is -1.40. The molecular weight excluding hydrogens is 298 g/mol. The number of carbonyl (C=O) groups excluding carboxylic acids is 1. The van der Waals surface area contributed by atoms with Gasteiger partial charge in [-0.25, -0.2) is 4.79 Å². The fraction of sp³-hybridized carbons (Fsp3) is 0.765. The van der Waals surface area contributed by atoms with Crippen LogP contribution in [-0.4, -0.2) is 52.0 Å². The molecule has 0 heterocycles. The largest absolute Gasteiger partial charge is 0.544 e. The van der Waals surface area contributed by atoms with Crippen LogP contribution in [0.4, 0.5) is 0 Å². The van der Waals surface area contributed by atoms with E-state index in [1.54, 1.807) is 13.8 Å². The molecule has 0 rings (SSSR count). The minimum absolute atomic E-state index is 0.227. The second-order valence-electron chi connectivity index (χ2n) is 5.89. The number of quaternary nitrogens is 1. The van der Waals surface area contributed by atoms with E-state index in [1.807, 2.05) is 13.0 Å². The molecule has 3 unspecified atom stereocenters. The Bertz CT molecular complexity index is 372. The van der Waals surface area contributed by atoms with Crippen LogP contribution < -0.4 is 5.11 Å². The monoisotopic (exact) mass is 329 g/mol. The van der Waals surface area contributed by atoms with E-state index in [-0.39, 0.29) is 17.3 Å². The van der Waals surface area contributed by atoms with Crippen molar-refractivity contribution in [1.29, 1.82) is 0 Å². The Morgan fingerprint density at radius 2 is 1.74 bits per heavy atom. The third kappa shape index (κ3) is 5.95. The number of aliphatic hydroxyl groups is 1. The van der Waals surface area contributed by atoms with Gasteiger partial charge in [-0.3, -0.25) is 4.48 Å². The highest BCUT2D eigenvalue weighted by atomic mass is 16.4. The molecule has 0 aliphatic rings. The van der Waals surface area contributed by atoms with E-state index in [4.69, 9.17) is 0 Å². The maximum Gasteiger partial charge on any atom is 0.362 e. The molecule has 0 radical (unpaired) electrons. The van der Waals surface area contributed by atoms with Gasteiger partial charge in [0.05, 0.1) is 12.5 Å². The lowest BCUT2D eigenvalue weighted by Gasteiger charge is -2.47.